The summed E-state index contributed by atoms with van der Waals surface area (Å²) in [6.07, 6.45) is 1.69. The molecule has 3 amide bonds. The molecule has 0 atom stereocenters. The van der Waals surface area contributed by atoms with Crippen molar-refractivity contribution in [2.45, 2.75) is 11.8 Å². The van der Waals surface area contributed by atoms with Crippen molar-refractivity contribution < 1.29 is 14.4 Å². The van der Waals surface area contributed by atoms with Gasteiger partial charge in [0.15, 0.2) is 0 Å². The van der Waals surface area contributed by atoms with Crippen LogP contribution in [0.4, 0.5) is 11.4 Å². The first-order valence-electron chi connectivity index (χ1n) is 13.4. The topological polar surface area (TPSA) is 87.3 Å². The fourth-order valence-corrected chi connectivity index (χ4v) is 5.07. The van der Waals surface area contributed by atoms with Crippen LogP contribution < -0.4 is 16.0 Å². The van der Waals surface area contributed by atoms with Crippen molar-refractivity contribution >= 4 is 57.7 Å². The lowest BCUT2D eigenvalue weighted by molar-refractivity contribution is -0.114. The predicted molar refractivity (Wildman–Crippen MR) is 171 cm³/mol. The van der Waals surface area contributed by atoms with Crippen LogP contribution in [0.2, 0.25) is 0 Å². The fraction of sp³-hybridized carbons (Fsp3) is 0.0571. The van der Waals surface area contributed by atoms with Crippen LogP contribution >= 0.6 is 11.8 Å². The van der Waals surface area contributed by atoms with E-state index in [0.29, 0.717) is 11.3 Å². The Balaban J connectivity index is 1.33. The van der Waals surface area contributed by atoms with Crippen LogP contribution in [0.25, 0.3) is 16.8 Å². The predicted octanol–water partition coefficient (Wildman–Crippen LogP) is 7.29. The molecule has 0 heterocycles. The van der Waals surface area contributed by atoms with E-state index in [4.69, 9.17) is 0 Å². The van der Waals surface area contributed by atoms with Gasteiger partial charge in [-0.25, -0.2) is 0 Å². The molecule has 0 spiro atoms. The Hall–Kier alpha value is -5.14. The maximum absolute atomic E-state index is 13.6. The Kier molecular flexibility index (Phi) is 9.11. The molecule has 5 rings (SSSR count). The summed E-state index contributed by atoms with van der Waals surface area (Å²) in [4.78, 5) is 39.9. The number of benzene rings is 5. The molecular weight excluding hydrogens is 542 g/mol. The summed E-state index contributed by atoms with van der Waals surface area (Å²) in [5, 5.41) is 10.6. The molecule has 0 bridgehead atoms. The van der Waals surface area contributed by atoms with E-state index in [9.17, 15) is 14.4 Å². The number of amides is 3. The summed E-state index contributed by atoms with van der Waals surface area (Å²) in [7, 11) is 0. The smallest absolute Gasteiger partial charge is 0.272 e. The highest BCUT2D eigenvalue weighted by molar-refractivity contribution is 8.00. The molecule has 3 N–H and O–H groups in total. The summed E-state index contributed by atoms with van der Waals surface area (Å²) < 4.78 is 0. The summed E-state index contributed by atoms with van der Waals surface area (Å²) in [6.45, 7) is 1.99. The van der Waals surface area contributed by atoms with Gasteiger partial charge in [0, 0.05) is 21.8 Å². The van der Waals surface area contributed by atoms with E-state index in [1.807, 2.05) is 91.9 Å². The number of fused-ring (bicyclic) bond motifs is 1. The van der Waals surface area contributed by atoms with Gasteiger partial charge in [-0.15, -0.1) is 11.8 Å². The van der Waals surface area contributed by atoms with Gasteiger partial charge in [-0.3, -0.25) is 14.4 Å². The van der Waals surface area contributed by atoms with Crippen LogP contribution in [0, 0.1) is 6.92 Å². The van der Waals surface area contributed by atoms with Crippen LogP contribution in [0.15, 0.2) is 132 Å². The van der Waals surface area contributed by atoms with Gasteiger partial charge in [-0.05, 0) is 71.8 Å². The number of rotatable bonds is 9. The third kappa shape index (κ3) is 7.53. The lowest BCUT2D eigenvalue weighted by Crippen LogP contribution is -2.30. The van der Waals surface area contributed by atoms with Crippen LogP contribution in [-0.2, 0) is 9.59 Å². The Morgan fingerprint density at radius 1 is 0.714 bits per heavy atom. The van der Waals surface area contributed by atoms with E-state index < -0.39 is 5.91 Å². The van der Waals surface area contributed by atoms with Crippen LogP contribution in [-0.4, -0.2) is 23.5 Å². The van der Waals surface area contributed by atoms with Crippen molar-refractivity contribution in [3.63, 3.8) is 0 Å². The van der Waals surface area contributed by atoms with E-state index in [1.165, 1.54) is 11.8 Å². The van der Waals surface area contributed by atoms with E-state index >= 15 is 0 Å². The monoisotopic (exact) mass is 571 g/mol. The Morgan fingerprint density at radius 3 is 2.24 bits per heavy atom. The van der Waals surface area contributed by atoms with Gasteiger partial charge in [0.25, 0.3) is 11.8 Å². The molecule has 0 aromatic heterocycles. The third-order valence-corrected chi connectivity index (χ3v) is 7.44. The van der Waals surface area contributed by atoms with Gasteiger partial charge in [-0.1, -0.05) is 84.4 Å². The van der Waals surface area contributed by atoms with Gasteiger partial charge in [0.2, 0.25) is 5.91 Å². The molecule has 42 heavy (non-hydrogen) atoms. The summed E-state index contributed by atoms with van der Waals surface area (Å²) in [6, 6.07) is 37.3. The van der Waals surface area contributed by atoms with Crippen molar-refractivity contribution in [2.24, 2.45) is 0 Å². The molecular formula is C35H29N3O3S. The molecule has 0 aliphatic carbocycles. The average molecular weight is 572 g/mol. The molecule has 208 valence electrons. The van der Waals surface area contributed by atoms with Crippen molar-refractivity contribution in [3.8, 4) is 0 Å². The highest BCUT2D eigenvalue weighted by Crippen LogP contribution is 2.24. The average Bonchev–Trinajstić information content (AvgIpc) is 3.01. The van der Waals surface area contributed by atoms with Crippen molar-refractivity contribution in [1.82, 2.24) is 5.32 Å². The number of anilines is 2. The Morgan fingerprint density at radius 2 is 1.43 bits per heavy atom. The number of carbonyl (C=O) groups is 3. The maximum Gasteiger partial charge on any atom is 0.272 e. The SMILES string of the molecule is Cc1ccc(NC(=O)CSc2cccc(NC(=O)/C(=C\c3cccc4ccccc34)NC(=O)c3ccccc3)c2)cc1. The first kappa shape index (κ1) is 28.4. The van der Waals surface area contributed by atoms with E-state index in [2.05, 4.69) is 16.0 Å². The fourth-order valence-electron chi connectivity index (χ4n) is 4.32. The van der Waals surface area contributed by atoms with Crippen LogP contribution in [0.5, 0.6) is 0 Å². The molecule has 5 aromatic rings. The summed E-state index contributed by atoms with van der Waals surface area (Å²) in [5.74, 6) is -0.764. The third-order valence-electron chi connectivity index (χ3n) is 6.45. The van der Waals surface area contributed by atoms with Crippen molar-refractivity contribution in [1.29, 1.82) is 0 Å². The number of thioether (sulfide) groups is 1. The minimum Gasteiger partial charge on any atom is -0.325 e. The minimum absolute atomic E-state index is 0.107. The van der Waals surface area contributed by atoms with Crippen LogP contribution in [0.3, 0.4) is 0 Å². The second-order valence-electron chi connectivity index (χ2n) is 9.63. The first-order valence-corrected chi connectivity index (χ1v) is 14.4. The van der Waals surface area contributed by atoms with Crippen molar-refractivity contribution in [2.75, 3.05) is 16.4 Å². The zero-order chi connectivity index (χ0) is 29.3. The quantitative estimate of drug-likeness (QED) is 0.128. The molecule has 0 unspecified atom stereocenters. The summed E-state index contributed by atoms with van der Waals surface area (Å²) >= 11 is 1.36. The standard InChI is InChI=1S/C35H29N3O3S/c1-24-17-19-28(20-18-24)36-33(39)23-42-30-15-8-14-29(22-30)37-35(41)32(38-34(40)26-10-3-2-4-11-26)21-27-13-7-12-25-9-5-6-16-31(25)27/h2-22H,23H2,1H3,(H,36,39)(H,37,41)(H,38,40)/b32-21+. The number of carbonyl (C=O) groups excluding carboxylic acids is 3. The van der Waals surface area contributed by atoms with Gasteiger partial charge in [-0.2, -0.15) is 0 Å². The molecule has 0 aliphatic heterocycles. The first-order chi connectivity index (χ1) is 20.4. The maximum atomic E-state index is 13.6. The number of hydrogen-bond donors (Lipinski definition) is 3. The highest BCUT2D eigenvalue weighted by atomic mass is 32.2. The zero-order valence-electron chi connectivity index (χ0n) is 23.0. The minimum atomic E-state index is -0.466. The molecule has 0 fully saturated rings. The molecule has 0 aliphatic rings. The van der Waals surface area contributed by atoms with E-state index in [0.717, 1.165) is 32.5 Å². The largest absolute Gasteiger partial charge is 0.325 e. The molecule has 0 saturated heterocycles. The number of hydrogen-bond acceptors (Lipinski definition) is 4. The Labute approximate surface area is 248 Å². The van der Waals surface area contributed by atoms with E-state index in [1.54, 1.807) is 42.5 Å². The molecule has 5 aromatic carbocycles. The zero-order valence-corrected chi connectivity index (χ0v) is 23.8. The second kappa shape index (κ2) is 13.5. The molecule has 6 nitrogen and oxygen atoms in total. The molecule has 0 saturated carbocycles. The number of nitrogens with one attached hydrogen (secondary N) is 3. The van der Waals surface area contributed by atoms with Crippen molar-refractivity contribution in [3.05, 3.63) is 144 Å². The van der Waals surface area contributed by atoms with Gasteiger partial charge in [0.1, 0.15) is 5.70 Å². The van der Waals surface area contributed by atoms with Crippen LogP contribution in [0.1, 0.15) is 21.5 Å². The second-order valence-corrected chi connectivity index (χ2v) is 10.7. The van der Waals surface area contributed by atoms with Gasteiger partial charge < -0.3 is 16.0 Å². The van der Waals surface area contributed by atoms with E-state index in [-0.39, 0.29) is 23.3 Å². The highest BCUT2D eigenvalue weighted by Gasteiger charge is 2.16. The van der Waals surface area contributed by atoms with Gasteiger partial charge >= 0.3 is 0 Å². The molecule has 0 radical (unpaired) electrons. The lowest BCUT2D eigenvalue weighted by atomic mass is 10.0. The lowest BCUT2D eigenvalue weighted by Gasteiger charge is -2.13. The normalized spacial score (nSPS) is 11.1. The Bertz CT molecular complexity index is 1760. The number of aryl methyl sites for hydroxylation is 1. The van der Waals surface area contributed by atoms with Gasteiger partial charge in [0.05, 0.1) is 5.75 Å². The summed E-state index contributed by atoms with van der Waals surface area (Å²) in [5.41, 5.74) is 3.76. The molecule has 7 heteroatoms.